The molecule has 0 radical (unpaired) electrons. The first kappa shape index (κ1) is 34.7. The number of thiophene rings is 1. The summed E-state index contributed by atoms with van der Waals surface area (Å²) in [6, 6.07) is 74.0. The first-order valence-corrected chi connectivity index (χ1v) is 21.7. The Kier molecular flexibility index (Phi) is 8.22. The van der Waals surface area contributed by atoms with Crippen LogP contribution in [0.1, 0.15) is 0 Å². The Labute approximate surface area is 354 Å². The number of hydrogen-bond acceptors (Lipinski definition) is 5. The first-order chi connectivity index (χ1) is 29.7. The van der Waals surface area contributed by atoms with Crippen molar-refractivity contribution in [3.05, 3.63) is 206 Å². The Balaban J connectivity index is 0.956. The van der Waals surface area contributed by atoms with Gasteiger partial charge in [-0.15, -0.1) is 22.7 Å². The first-order valence-electron chi connectivity index (χ1n) is 20.1. The Morgan fingerprint density at radius 2 is 0.983 bits per heavy atom. The third-order valence-electron chi connectivity index (χ3n) is 11.5. The predicted octanol–water partition coefficient (Wildman–Crippen LogP) is 16.7. The van der Waals surface area contributed by atoms with Crippen molar-refractivity contribution in [3.63, 3.8) is 0 Å². The van der Waals surface area contributed by atoms with E-state index in [-0.39, 0.29) is 0 Å². The molecule has 12 rings (SSSR count). The zero-order chi connectivity index (χ0) is 39.6. The second-order valence-electron chi connectivity index (χ2n) is 15.1. The van der Waals surface area contributed by atoms with E-state index in [1.165, 1.54) is 42.4 Å². The summed E-state index contributed by atoms with van der Waals surface area (Å²) in [5.74, 6) is 0. The highest BCUT2D eigenvalue weighted by Crippen LogP contribution is 2.44. The largest absolute Gasteiger partial charge is 0.456 e. The van der Waals surface area contributed by atoms with E-state index in [1.54, 1.807) is 11.3 Å². The fourth-order valence-corrected chi connectivity index (χ4v) is 10.8. The van der Waals surface area contributed by atoms with Crippen LogP contribution in [0, 0.1) is 0 Å². The zero-order valence-corrected chi connectivity index (χ0v) is 33.9. The lowest BCUT2D eigenvalue weighted by molar-refractivity contribution is 0.669. The molecule has 0 N–H and O–H groups in total. The van der Waals surface area contributed by atoms with Crippen molar-refractivity contribution in [3.8, 4) is 44.0 Å². The molecule has 60 heavy (non-hydrogen) atoms. The number of furan rings is 1. The fourth-order valence-electron chi connectivity index (χ4n) is 8.65. The monoisotopic (exact) mass is 802 g/mol. The van der Waals surface area contributed by atoms with Gasteiger partial charge >= 0.3 is 0 Å². The third kappa shape index (κ3) is 5.90. The van der Waals surface area contributed by atoms with Gasteiger partial charge in [-0.1, -0.05) is 133 Å². The van der Waals surface area contributed by atoms with Gasteiger partial charge in [0.1, 0.15) is 16.2 Å². The van der Waals surface area contributed by atoms with Crippen molar-refractivity contribution < 1.29 is 4.42 Å². The summed E-state index contributed by atoms with van der Waals surface area (Å²) < 4.78 is 10.2. The molecule has 0 spiro atoms. The Bertz CT molecular complexity index is 3530. The van der Waals surface area contributed by atoms with Gasteiger partial charge in [-0.05, 0) is 106 Å². The van der Waals surface area contributed by atoms with E-state index in [2.05, 4.69) is 205 Å². The van der Waals surface area contributed by atoms with Gasteiger partial charge in [-0.3, -0.25) is 0 Å². The number of nitrogens with zero attached hydrogens (tertiary/aromatic N) is 2. The SMILES string of the molecule is c1ccc(-c2ccc(N(c3ccc(-c4ccc5oc6ccc7sc(-c8ccccc8)nc7c6c5c4)cc3)c3cccc(-c4cccc5sc6ccccc6c45)c3)cc2)cc1. The van der Waals surface area contributed by atoms with Gasteiger partial charge in [-0.2, -0.15) is 0 Å². The number of anilines is 3. The summed E-state index contributed by atoms with van der Waals surface area (Å²) >= 11 is 3.58. The van der Waals surface area contributed by atoms with Crippen LogP contribution < -0.4 is 4.90 Å². The maximum absolute atomic E-state index is 6.39. The number of hydrogen-bond donors (Lipinski definition) is 0. The average Bonchev–Trinajstić information content (AvgIpc) is 4.04. The van der Waals surface area contributed by atoms with Crippen LogP contribution in [-0.4, -0.2) is 4.98 Å². The quantitative estimate of drug-likeness (QED) is 0.161. The molecule has 0 aliphatic rings. The summed E-state index contributed by atoms with van der Waals surface area (Å²) in [5.41, 5.74) is 14.2. The Morgan fingerprint density at radius 1 is 0.367 bits per heavy atom. The van der Waals surface area contributed by atoms with Crippen molar-refractivity contribution in [2.24, 2.45) is 0 Å². The minimum absolute atomic E-state index is 0.856. The average molecular weight is 803 g/mol. The fraction of sp³-hybridized carbons (Fsp3) is 0. The highest BCUT2D eigenvalue weighted by Gasteiger charge is 2.19. The zero-order valence-electron chi connectivity index (χ0n) is 32.2. The lowest BCUT2D eigenvalue weighted by Crippen LogP contribution is -2.10. The molecule has 282 valence electrons. The van der Waals surface area contributed by atoms with E-state index in [9.17, 15) is 0 Å². The molecule has 0 aliphatic carbocycles. The van der Waals surface area contributed by atoms with E-state index >= 15 is 0 Å². The molecular formula is C55H34N2OS2. The molecule has 9 aromatic carbocycles. The molecule has 0 bridgehead atoms. The van der Waals surface area contributed by atoms with Crippen molar-refractivity contribution in [1.82, 2.24) is 4.98 Å². The van der Waals surface area contributed by atoms with Crippen LogP contribution in [0.5, 0.6) is 0 Å². The number of benzene rings is 9. The van der Waals surface area contributed by atoms with Crippen LogP contribution in [0.3, 0.4) is 0 Å². The lowest BCUT2D eigenvalue weighted by Gasteiger charge is -2.26. The summed E-state index contributed by atoms with van der Waals surface area (Å²) in [5, 5.41) is 5.77. The molecular weight excluding hydrogens is 769 g/mol. The van der Waals surface area contributed by atoms with Crippen LogP contribution in [0.25, 0.3) is 96.3 Å². The van der Waals surface area contributed by atoms with Crippen molar-refractivity contribution in [2.45, 2.75) is 0 Å². The van der Waals surface area contributed by atoms with E-state index in [1.807, 2.05) is 17.4 Å². The standard InChI is InChI=1S/C55H34N2OS2/c1-3-11-35(12-4-1)36-21-26-41(27-22-36)57(43-16-9-15-40(33-43)44-18-10-20-50-52(44)45-17-7-8-19-49(45)59-50)42-28-23-37(24-29-42)39-25-30-47-46(34-39)53-48(58-47)31-32-51-54(53)56-55(60-51)38-13-5-2-6-14-38/h1-34H. The van der Waals surface area contributed by atoms with Gasteiger partial charge in [0.2, 0.25) is 0 Å². The number of rotatable bonds is 7. The highest BCUT2D eigenvalue weighted by molar-refractivity contribution is 7.26. The van der Waals surface area contributed by atoms with Crippen LogP contribution in [0.4, 0.5) is 17.1 Å². The Morgan fingerprint density at radius 3 is 1.77 bits per heavy atom. The Hall–Kier alpha value is -7.31. The number of thiazole rings is 1. The molecule has 0 unspecified atom stereocenters. The molecule has 0 atom stereocenters. The molecule has 3 aromatic heterocycles. The predicted molar refractivity (Wildman–Crippen MR) is 256 cm³/mol. The number of fused-ring (bicyclic) bond motifs is 8. The molecule has 0 aliphatic heterocycles. The molecule has 0 fully saturated rings. The van der Waals surface area contributed by atoms with E-state index in [0.29, 0.717) is 0 Å². The molecule has 3 heterocycles. The van der Waals surface area contributed by atoms with E-state index in [0.717, 1.165) is 70.9 Å². The smallest absolute Gasteiger partial charge is 0.137 e. The van der Waals surface area contributed by atoms with Crippen LogP contribution in [-0.2, 0) is 0 Å². The van der Waals surface area contributed by atoms with Crippen LogP contribution in [0.2, 0.25) is 0 Å². The second kappa shape index (κ2) is 14.2. The van der Waals surface area contributed by atoms with Gasteiger partial charge in [0.15, 0.2) is 0 Å². The van der Waals surface area contributed by atoms with Crippen molar-refractivity contribution in [1.29, 1.82) is 0 Å². The molecule has 0 amide bonds. The third-order valence-corrected chi connectivity index (χ3v) is 13.7. The summed E-state index contributed by atoms with van der Waals surface area (Å²) in [7, 11) is 0. The summed E-state index contributed by atoms with van der Waals surface area (Å²) in [4.78, 5) is 7.52. The van der Waals surface area contributed by atoms with E-state index < -0.39 is 0 Å². The lowest BCUT2D eigenvalue weighted by atomic mass is 9.98. The van der Waals surface area contributed by atoms with Gasteiger partial charge in [0, 0.05) is 48.2 Å². The van der Waals surface area contributed by atoms with Gasteiger partial charge in [-0.25, -0.2) is 4.98 Å². The summed E-state index contributed by atoms with van der Waals surface area (Å²) in [6.07, 6.45) is 0. The van der Waals surface area contributed by atoms with Crippen molar-refractivity contribution in [2.75, 3.05) is 4.90 Å². The van der Waals surface area contributed by atoms with Gasteiger partial charge < -0.3 is 9.32 Å². The van der Waals surface area contributed by atoms with Gasteiger partial charge in [0.05, 0.1) is 15.6 Å². The summed E-state index contributed by atoms with van der Waals surface area (Å²) in [6.45, 7) is 0. The topological polar surface area (TPSA) is 29.3 Å². The van der Waals surface area contributed by atoms with Crippen LogP contribution >= 0.6 is 22.7 Å². The maximum Gasteiger partial charge on any atom is 0.137 e. The highest BCUT2D eigenvalue weighted by atomic mass is 32.1. The number of aromatic nitrogens is 1. The maximum atomic E-state index is 6.39. The second-order valence-corrected chi connectivity index (χ2v) is 17.2. The molecule has 3 nitrogen and oxygen atoms in total. The van der Waals surface area contributed by atoms with Crippen LogP contribution in [0.15, 0.2) is 211 Å². The molecule has 0 saturated heterocycles. The van der Waals surface area contributed by atoms with Gasteiger partial charge in [0.25, 0.3) is 0 Å². The van der Waals surface area contributed by atoms with E-state index in [4.69, 9.17) is 9.40 Å². The molecule has 12 aromatic rings. The molecule has 0 saturated carbocycles. The minimum Gasteiger partial charge on any atom is -0.456 e. The van der Waals surface area contributed by atoms with Crippen molar-refractivity contribution >= 4 is 92.1 Å². The molecule has 5 heteroatoms. The minimum atomic E-state index is 0.856. The normalized spacial score (nSPS) is 11.7.